The fraction of sp³-hybridized carbons (Fsp3) is 0.0833. The van der Waals surface area contributed by atoms with Crippen molar-refractivity contribution in [2.45, 2.75) is 19.6 Å². The van der Waals surface area contributed by atoms with E-state index in [1.165, 1.54) is 49.2 Å². The third kappa shape index (κ3) is 4.07. The van der Waals surface area contributed by atoms with Crippen molar-refractivity contribution in [3.63, 3.8) is 0 Å². The summed E-state index contributed by atoms with van der Waals surface area (Å²) in [6.45, 7) is 7.27. The second kappa shape index (κ2) is 9.07. The van der Waals surface area contributed by atoms with Gasteiger partial charge >= 0.3 is 0 Å². The molecule has 0 spiro atoms. The van der Waals surface area contributed by atoms with Gasteiger partial charge in [0.15, 0.2) is 0 Å². The zero-order valence-corrected chi connectivity index (χ0v) is 23.5. The summed E-state index contributed by atoms with van der Waals surface area (Å²) >= 11 is 0. The Kier molecular flexibility index (Phi) is 5.50. The number of aromatic nitrogens is 2. The van der Waals surface area contributed by atoms with Crippen LogP contribution in [0.15, 0.2) is 127 Å². The molecule has 0 aliphatic heterocycles. The summed E-state index contributed by atoms with van der Waals surface area (Å²) in [6.07, 6.45) is 0. The van der Waals surface area contributed by atoms with Gasteiger partial charge in [0, 0.05) is 22.0 Å². The van der Waals surface area contributed by atoms with Gasteiger partial charge in [0.05, 0.1) is 30.3 Å². The van der Waals surface area contributed by atoms with Crippen LogP contribution in [-0.4, -0.2) is 17.6 Å². The fourth-order valence-electron chi connectivity index (χ4n) is 5.79. The Morgan fingerprint density at radius 2 is 1.18 bits per heavy atom. The second-order valence-electron chi connectivity index (χ2n) is 11.3. The molecule has 7 rings (SSSR count). The molecule has 5 aromatic carbocycles. The van der Waals surface area contributed by atoms with Crippen LogP contribution in [0.3, 0.4) is 0 Å². The first-order valence-electron chi connectivity index (χ1n) is 13.6. The minimum atomic E-state index is -1.64. The van der Waals surface area contributed by atoms with Gasteiger partial charge in [-0.05, 0) is 64.2 Å². The van der Waals surface area contributed by atoms with Crippen LogP contribution in [0.25, 0.3) is 60.8 Å². The Morgan fingerprint density at radius 1 is 0.513 bits per heavy atom. The van der Waals surface area contributed by atoms with E-state index in [-0.39, 0.29) is 0 Å². The van der Waals surface area contributed by atoms with E-state index in [2.05, 4.69) is 152 Å². The summed E-state index contributed by atoms with van der Waals surface area (Å²) in [5.41, 5.74) is 9.30. The number of pyridine rings is 1. The molecule has 0 aliphatic rings. The number of para-hydroxylation sites is 2. The Balaban J connectivity index is 1.47. The van der Waals surface area contributed by atoms with Gasteiger partial charge < -0.3 is 4.57 Å². The lowest BCUT2D eigenvalue weighted by Gasteiger charge is -2.21. The van der Waals surface area contributed by atoms with Gasteiger partial charge in [0.1, 0.15) is 0 Å². The molecule has 0 N–H and O–H groups in total. The van der Waals surface area contributed by atoms with Crippen LogP contribution in [0.1, 0.15) is 0 Å². The Morgan fingerprint density at radius 3 is 1.95 bits per heavy atom. The Bertz CT molecular complexity index is 1980. The zero-order chi connectivity index (χ0) is 26.6. The van der Waals surface area contributed by atoms with Gasteiger partial charge in [-0.3, -0.25) is 0 Å². The van der Waals surface area contributed by atoms with Crippen molar-refractivity contribution in [1.29, 1.82) is 0 Å². The molecule has 0 saturated carbocycles. The van der Waals surface area contributed by atoms with Gasteiger partial charge in [0.25, 0.3) is 0 Å². The van der Waals surface area contributed by atoms with Crippen molar-refractivity contribution in [2.24, 2.45) is 0 Å². The van der Waals surface area contributed by atoms with E-state index in [1.54, 1.807) is 0 Å². The van der Waals surface area contributed by atoms with Crippen molar-refractivity contribution in [1.82, 2.24) is 9.55 Å². The summed E-state index contributed by atoms with van der Waals surface area (Å²) in [6, 6.07) is 45.9. The quantitative estimate of drug-likeness (QED) is 0.212. The van der Waals surface area contributed by atoms with Gasteiger partial charge in [0.2, 0.25) is 0 Å². The summed E-state index contributed by atoms with van der Waals surface area (Å²) in [7, 11) is -1.64. The third-order valence-electron chi connectivity index (χ3n) is 7.71. The number of rotatable bonds is 4. The first-order valence-corrected chi connectivity index (χ1v) is 17.1. The lowest BCUT2D eigenvalue weighted by molar-refractivity contribution is 1.18. The van der Waals surface area contributed by atoms with Crippen molar-refractivity contribution in [3.8, 4) is 28.1 Å². The average Bonchev–Trinajstić information content (AvgIpc) is 3.30. The molecular formula is C36H30N2Si. The number of fused-ring (bicyclic) bond motifs is 4. The van der Waals surface area contributed by atoms with E-state index in [0.29, 0.717) is 0 Å². The predicted molar refractivity (Wildman–Crippen MR) is 170 cm³/mol. The smallest absolute Gasteiger partial charge is 0.0785 e. The number of hydrogen-bond donors (Lipinski definition) is 0. The highest BCUT2D eigenvalue weighted by Crippen LogP contribution is 2.35. The first kappa shape index (κ1) is 23.6. The second-order valence-corrected chi connectivity index (χ2v) is 16.4. The molecular weight excluding hydrogens is 488 g/mol. The summed E-state index contributed by atoms with van der Waals surface area (Å²) in [5, 5.41) is 5.24. The molecule has 2 heterocycles. The average molecular weight is 519 g/mol. The van der Waals surface area contributed by atoms with Gasteiger partial charge in [-0.25, -0.2) is 4.98 Å². The van der Waals surface area contributed by atoms with E-state index >= 15 is 0 Å². The monoisotopic (exact) mass is 518 g/mol. The maximum absolute atomic E-state index is 5.27. The van der Waals surface area contributed by atoms with Crippen molar-refractivity contribution in [2.75, 3.05) is 0 Å². The zero-order valence-electron chi connectivity index (χ0n) is 22.5. The van der Waals surface area contributed by atoms with Crippen molar-refractivity contribution in [3.05, 3.63) is 127 Å². The van der Waals surface area contributed by atoms with Crippen molar-refractivity contribution >= 4 is 46.0 Å². The highest BCUT2D eigenvalue weighted by Gasteiger charge is 2.22. The molecule has 39 heavy (non-hydrogen) atoms. The van der Waals surface area contributed by atoms with Gasteiger partial charge in [-0.1, -0.05) is 105 Å². The molecule has 0 atom stereocenters. The molecule has 2 aromatic heterocycles. The summed E-state index contributed by atoms with van der Waals surface area (Å²) in [5.74, 6) is 0. The fourth-order valence-corrected chi connectivity index (χ4v) is 7.38. The van der Waals surface area contributed by atoms with Crippen LogP contribution in [0, 0.1) is 0 Å². The van der Waals surface area contributed by atoms with Gasteiger partial charge in [-0.15, -0.1) is 0 Å². The highest BCUT2D eigenvalue weighted by molar-refractivity contribution is 6.90. The van der Waals surface area contributed by atoms with Crippen LogP contribution in [0.4, 0.5) is 0 Å². The summed E-state index contributed by atoms with van der Waals surface area (Å²) in [4.78, 5) is 5.27. The topological polar surface area (TPSA) is 17.8 Å². The number of nitrogens with zero attached hydrogens (tertiary/aromatic N) is 2. The molecule has 0 bridgehead atoms. The van der Waals surface area contributed by atoms with Crippen LogP contribution >= 0.6 is 0 Å². The predicted octanol–water partition coefficient (Wildman–Crippen LogP) is 9.21. The van der Waals surface area contributed by atoms with E-state index in [4.69, 9.17) is 4.98 Å². The third-order valence-corrected chi connectivity index (χ3v) is 9.74. The highest BCUT2D eigenvalue weighted by atomic mass is 28.3. The normalized spacial score (nSPS) is 12.0. The molecule has 0 unspecified atom stereocenters. The van der Waals surface area contributed by atoms with Crippen LogP contribution in [0.2, 0.25) is 19.6 Å². The molecule has 3 heteroatoms. The van der Waals surface area contributed by atoms with Crippen LogP contribution in [-0.2, 0) is 0 Å². The van der Waals surface area contributed by atoms with E-state index < -0.39 is 8.07 Å². The minimum Gasteiger partial charge on any atom is -0.309 e. The van der Waals surface area contributed by atoms with Crippen LogP contribution in [0.5, 0.6) is 0 Å². The molecule has 188 valence electrons. The first-order chi connectivity index (χ1) is 19.0. The molecule has 0 amide bonds. The minimum absolute atomic E-state index is 1.04. The maximum atomic E-state index is 5.27. The molecule has 0 saturated heterocycles. The molecule has 0 fully saturated rings. The van der Waals surface area contributed by atoms with E-state index in [0.717, 1.165) is 16.8 Å². The number of benzene rings is 5. The number of hydrogen-bond acceptors (Lipinski definition) is 1. The largest absolute Gasteiger partial charge is 0.309 e. The SMILES string of the molecule is C[Si](C)(C)c1cc(-c2ccc3c(c2)c2ccccc2n3-c2ccccc2)nc2cc(-c3ccccc3)ccc12. The lowest BCUT2D eigenvalue weighted by atomic mass is 10.0. The van der Waals surface area contributed by atoms with Crippen LogP contribution < -0.4 is 5.19 Å². The van der Waals surface area contributed by atoms with Crippen molar-refractivity contribution < 1.29 is 0 Å². The Hall–Kier alpha value is -4.47. The van der Waals surface area contributed by atoms with E-state index in [1.807, 2.05) is 0 Å². The Labute approximate surface area is 230 Å². The lowest BCUT2D eigenvalue weighted by Crippen LogP contribution is -2.38. The van der Waals surface area contributed by atoms with E-state index in [9.17, 15) is 0 Å². The molecule has 0 radical (unpaired) electrons. The molecule has 2 nitrogen and oxygen atoms in total. The standard InChI is InChI=1S/C36H30N2Si/c1-39(2,3)36-24-32(37-33-23-26(18-20-30(33)36)25-12-6-4-7-13-25)27-19-21-35-31(22-27)29-16-10-11-17-34(29)38(35)28-14-8-5-9-15-28/h4-24H,1-3H3. The summed E-state index contributed by atoms with van der Waals surface area (Å²) < 4.78 is 2.36. The van der Waals surface area contributed by atoms with Gasteiger partial charge in [-0.2, -0.15) is 0 Å². The molecule has 0 aliphatic carbocycles. The molecule has 7 aromatic rings. The maximum Gasteiger partial charge on any atom is 0.0785 e.